The van der Waals surface area contributed by atoms with Crippen molar-refractivity contribution in [2.24, 2.45) is 0 Å². The van der Waals surface area contributed by atoms with Gasteiger partial charge in [0.15, 0.2) is 5.75 Å². The average molecular weight is 285 g/mol. The lowest BCUT2D eigenvalue weighted by Gasteiger charge is -2.05. The van der Waals surface area contributed by atoms with E-state index in [0.29, 0.717) is 15.8 Å². The Morgan fingerprint density at radius 1 is 1.22 bits per heavy atom. The zero-order valence-electron chi connectivity index (χ0n) is 8.80. The standard InChI is InChI=1S/C11H6Cl2N2O3/c12-7-1-2-8(13)9(3-7)18-11-14-4-6(5-15-11)10(16)17/h1-5H,(H,16,17). The average Bonchev–Trinajstić information content (AvgIpc) is 2.34. The molecule has 0 atom stereocenters. The molecule has 0 aliphatic carbocycles. The maximum absolute atomic E-state index is 10.6. The van der Waals surface area contributed by atoms with Gasteiger partial charge in [-0.25, -0.2) is 14.8 Å². The van der Waals surface area contributed by atoms with Gasteiger partial charge in [0, 0.05) is 23.5 Å². The number of hydrogen-bond donors (Lipinski definition) is 1. The van der Waals surface area contributed by atoms with Crippen molar-refractivity contribution in [3.05, 3.63) is 46.2 Å². The summed E-state index contributed by atoms with van der Waals surface area (Å²) in [6.45, 7) is 0. The molecule has 1 heterocycles. The molecule has 7 heteroatoms. The van der Waals surface area contributed by atoms with Crippen molar-refractivity contribution in [3.63, 3.8) is 0 Å². The molecule has 18 heavy (non-hydrogen) atoms. The molecule has 1 N–H and O–H groups in total. The maximum atomic E-state index is 10.6. The first kappa shape index (κ1) is 12.6. The summed E-state index contributed by atoms with van der Waals surface area (Å²) < 4.78 is 5.29. The zero-order valence-corrected chi connectivity index (χ0v) is 10.3. The molecular formula is C11H6Cl2N2O3. The molecule has 1 aromatic carbocycles. The van der Waals surface area contributed by atoms with Gasteiger partial charge in [-0.3, -0.25) is 0 Å². The van der Waals surface area contributed by atoms with Crippen molar-refractivity contribution >= 4 is 29.2 Å². The number of carboxylic acids is 1. The van der Waals surface area contributed by atoms with Crippen molar-refractivity contribution in [1.29, 1.82) is 0 Å². The van der Waals surface area contributed by atoms with Gasteiger partial charge in [0.25, 0.3) is 0 Å². The van der Waals surface area contributed by atoms with E-state index in [1.54, 1.807) is 12.1 Å². The van der Waals surface area contributed by atoms with E-state index in [2.05, 4.69) is 9.97 Å². The summed E-state index contributed by atoms with van der Waals surface area (Å²) in [7, 11) is 0. The summed E-state index contributed by atoms with van der Waals surface area (Å²) in [4.78, 5) is 18.1. The van der Waals surface area contributed by atoms with Gasteiger partial charge in [-0.05, 0) is 12.1 Å². The number of carboxylic acid groups (broad SMARTS) is 1. The van der Waals surface area contributed by atoms with Crippen LogP contribution in [0.5, 0.6) is 11.8 Å². The Hall–Kier alpha value is -1.85. The molecule has 92 valence electrons. The van der Waals surface area contributed by atoms with Crippen molar-refractivity contribution in [3.8, 4) is 11.8 Å². The van der Waals surface area contributed by atoms with Crippen LogP contribution < -0.4 is 4.74 Å². The van der Waals surface area contributed by atoms with E-state index < -0.39 is 5.97 Å². The number of halogens is 2. The highest BCUT2D eigenvalue weighted by Gasteiger charge is 2.08. The highest BCUT2D eigenvalue weighted by molar-refractivity contribution is 6.34. The lowest BCUT2D eigenvalue weighted by molar-refractivity contribution is 0.0696. The highest BCUT2D eigenvalue weighted by Crippen LogP contribution is 2.30. The number of ether oxygens (including phenoxy) is 1. The summed E-state index contributed by atoms with van der Waals surface area (Å²) in [6, 6.07) is 4.69. The van der Waals surface area contributed by atoms with Crippen molar-refractivity contribution < 1.29 is 14.6 Å². The third kappa shape index (κ3) is 2.88. The summed E-state index contributed by atoms with van der Waals surface area (Å²) in [5.41, 5.74) is -0.0282. The van der Waals surface area contributed by atoms with Gasteiger partial charge in [0.2, 0.25) is 0 Å². The molecule has 0 aliphatic heterocycles. The summed E-state index contributed by atoms with van der Waals surface area (Å²) in [6.07, 6.45) is 2.28. The molecule has 1 aromatic heterocycles. The molecule has 0 fully saturated rings. The number of aromatic carboxylic acids is 1. The first-order valence-electron chi connectivity index (χ1n) is 4.74. The van der Waals surface area contributed by atoms with E-state index >= 15 is 0 Å². The second-order valence-corrected chi connectivity index (χ2v) is 4.08. The fraction of sp³-hybridized carbons (Fsp3) is 0. The monoisotopic (exact) mass is 284 g/mol. The van der Waals surface area contributed by atoms with Gasteiger partial charge in [0.05, 0.1) is 10.6 Å². The number of carbonyl (C=O) groups is 1. The van der Waals surface area contributed by atoms with E-state index in [0.717, 1.165) is 12.4 Å². The lowest BCUT2D eigenvalue weighted by Crippen LogP contribution is -2.00. The molecule has 0 unspecified atom stereocenters. The van der Waals surface area contributed by atoms with Crippen molar-refractivity contribution in [2.45, 2.75) is 0 Å². The van der Waals surface area contributed by atoms with Crippen molar-refractivity contribution in [1.82, 2.24) is 9.97 Å². The second-order valence-electron chi connectivity index (χ2n) is 3.24. The molecule has 0 saturated carbocycles. The molecule has 0 radical (unpaired) electrons. The van der Waals surface area contributed by atoms with Crippen LogP contribution >= 0.6 is 23.2 Å². The highest BCUT2D eigenvalue weighted by atomic mass is 35.5. The summed E-state index contributed by atoms with van der Waals surface area (Å²) in [5.74, 6) is -0.811. The maximum Gasteiger partial charge on any atom is 0.338 e. The molecular weight excluding hydrogens is 279 g/mol. The minimum Gasteiger partial charge on any atom is -0.478 e. The topological polar surface area (TPSA) is 72.3 Å². The van der Waals surface area contributed by atoms with E-state index in [1.165, 1.54) is 6.07 Å². The SMILES string of the molecule is O=C(O)c1cnc(Oc2cc(Cl)ccc2Cl)nc1. The quantitative estimate of drug-likeness (QED) is 0.936. The van der Waals surface area contributed by atoms with Crippen LogP contribution in [-0.2, 0) is 0 Å². The van der Waals surface area contributed by atoms with E-state index in [9.17, 15) is 4.79 Å². The Kier molecular flexibility index (Phi) is 3.64. The number of rotatable bonds is 3. The predicted molar refractivity (Wildman–Crippen MR) is 65.5 cm³/mol. The Labute approximate surface area is 112 Å². The fourth-order valence-corrected chi connectivity index (χ4v) is 1.45. The predicted octanol–water partition coefficient (Wildman–Crippen LogP) is 3.27. The smallest absolute Gasteiger partial charge is 0.338 e. The first-order valence-corrected chi connectivity index (χ1v) is 5.50. The molecule has 0 bridgehead atoms. The largest absolute Gasteiger partial charge is 0.478 e. The number of benzene rings is 1. The minimum atomic E-state index is -1.11. The Morgan fingerprint density at radius 2 is 1.89 bits per heavy atom. The van der Waals surface area contributed by atoms with Crippen LogP contribution in [0, 0.1) is 0 Å². The van der Waals surface area contributed by atoms with Gasteiger partial charge < -0.3 is 9.84 Å². The molecule has 0 aliphatic rings. The Balaban J connectivity index is 2.23. The fourth-order valence-electron chi connectivity index (χ4n) is 1.13. The molecule has 2 rings (SSSR count). The normalized spacial score (nSPS) is 10.1. The van der Waals surface area contributed by atoms with Crippen LogP contribution in [0.1, 0.15) is 10.4 Å². The van der Waals surface area contributed by atoms with Gasteiger partial charge in [-0.15, -0.1) is 0 Å². The van der Waals surface area contributed by atoms with Crippen LogP contribution in [0.15, 0.2) is 30.6 Å². The lowest BCUT2D eigenvalue weighted by atomic mass is 10.3. The minimum absolute atomic E-state index is 0.0100. The van der Waals surface area contributed by atoms with Crippen LogP contribution in [-0.4, -0.2) is 21.0 Å². The van der Waals surface area contributed by atoms with E-state index in [1.807, 2.05) is 0 Å². The number of nitrogens with zero attached hydrogens (tertiary/aromatic N) is 2. The van der Waals surface area contributed by atoms with Crippen LogP contribution in [0.25, 0.3) is 0 Å². The van der Waals surface area contributed by atoms with Crippen LogP contribution in [0.3, 0.4) is 0 Å². The van der Waals surface area contributed by atoms with Crippen LogP contribution in [0.2, 0.25) is 10.0 Å². The van der Waals surface area contributed by atoms with Gasteiger partial charge in [-0.2, -0.15) is 0 Å². The van der Waals surface area contributed by atoms with Gasteiger partial charge >= 0.3 is 12.0 Å². The zero-order chi connectivity index (χ0) is 13.1. The molecule has 0 amide bonds. The first-order chi connectivity index (χ1) is 8.56. The van der Waals surface area contributed by atoms with E-state index in [4.69, 9.17) is 33.0 Å². The second kappa shape index (κ2) is 5.20. The van der Waals surface area contributed by atoms with Gasteiger partial charge in [0.1, 0.15) is 0 Å². The van der Waals surface area contributed by atoms with E-state index in [-0.39, 0.29) is 11.6 Å². The molecule has 2 aromatic rings. The third-order valence-electron chi connectivity index (χ3n) is 1.97. The van der Waals surface area contributed by atoms with Crippen LogP contribution in [0.4, 0.5) is 0 Å². The Morgan fingerprint density at radius 3 is 2.50 bits per heavy atom. The third-order valence-corrected chi connectivity index (χ3v) is 2.52. The summed E-state index contributed by atoms with van der Waals surface area (Å²) >= 11 is 11.7. The number of aromatic nitrogens is 2. The molecule has 5 nitrogen and oxygen atoms in total. The van der Waals surface area contributed by atoms with Crippen molar-refractivity contribution in [2.75, 3.05) is 0 Å². The summed E-state index contributed by atoms with van der Waals surface area (Å²) in [5, 5.41) is 9.49. The molecule has 0 saturated heterocycles. The number of hydrogen-bond acceptors (Lipinski definition) is 4. The van der Waals surface area contributed by atoms with Gasteiger partial charge in [-0.1, -0.05) is 23.2 Å². The Bertz CT molecular complexity index is 587. The molecule has 0 spiro atoms.